The van der Waals surface area contributed by atoms with Crippen LogP contribution >= 0.6 is 0 Å². The van der Waals surface area contributed by atoms with E-state index < -0.39 is 5.83 Å². The first-order valence-electron chi connectivity index (χ1n) is 13.3. The van der Waals surface area contributed by atoms with Crippen molar-refractivity contribution < 1.29 is 9.13 Å². The molecule has 0 amide bonds. The zero-order chi connectivity index (χ0) is 23.3. The molecule has 2 aliphatic rings. The minimum Gasteiger partial charge on any atom is -0.378 e. The van der Waals surface area contributed by atoms with Crippen molar-refractivity contribution in [3.63, 3.8) is 0 Å². The minimum absolute atomic E-state index is 0.454. The lowest BCUT2D eigenvalue weighted by atomic mass is 9.80. The maximum atomic E-state index is 12.7. The zero-order valence-corrected chi connectivity index (χ0v) is 20.5. The van der Waals surface area contributed by atoms with Gasteiger partial charge in [0.15, 0.2) is 5.83 Å². The number of hydrogen-bond donors (Lipinski definition) is 0. The van der Waals surface area contributed by atoms with Gasteiger partial charge < -0.3 is 4.74 Å². The second kappa shape index (κ2) is 14.4. The molecule has 0 N–H and O–H groups in total. The van der Waals surface area contributed by atoms with E-state index in [1.165, 1.54) is 93.9 Å². The third kappa shape index (κ3) is 9.09. The number of ether oxygens (including phenoxy) is 1. The van der Waals surface area contributed by atoms with Gasteiger partial charge in [0.2, 0.25) is 0 Å². The van der Waals surface area contributed by atoms with E-state index in [1.54, 1.807) is 6.08 Å². The summed E-state index contributed by atoms with van der Waals surface area (Å²) in [4.78, 5) is 0. The molecule has 0 spiro atoms. The highest BCUT2D eigenvalue weighted by atomic mass is 19.1. The molecule has 0 atom stereocenters. The summed E-state index contributed by atoms with van der Waals surface area (Å²) in [5, 5.41) is 8.40. The minimum atomic E-state index is -0.725. The van der Waals surface area contributed by atoms with Crippen LogP contribution in [0.2, 0.25) is 0 Å². The summed E-state index contributed by atoms with van der Waals surface area (Å²) in [6, 6.07) is 10.9. The molecular weight excluding hydrogens is 409 g/mol. The van der Waals surface area contributed by atoms with Crippen LogP contribution in [-0.4, -0.2) is 12.7 Å². The number of benzene rings is 1. The van der Waals surface area contributed by atoms with E-state index in [2.05, 4.69) is 31.2 Å². The average Bonchev–Trinajstić information content (AvgIpc) is 2.87. The van der Waals surface area contributed by atoms with Crippen LogP contribution in [0.1, 0.15) is 101 Å². The highest BCUT2D eigenvalue weighted by Crippen LogP contribution is 2.36. The van der Waals surface area contributed by atoms with Crippen molar-refractivity contribution in [2.24, 2.45) is 11.8 Å². The first kappa shape index (κ1) is 25.7. The number of nitriles is 1. The van der Waals surface area contributed by atoms with Gasteiger partial charge in [-0.25, -0.2) is 0 Å². The van der Waals surface area contributed by atoms with Gasteiger partial charge in [0.05, 0.1) is 6.10 Å². The predicted octanol–water partition coefficient (Wildman–Crippen LogP) is 8.59. The molecular formula is C30H42FNO. The van der Waals surface area contributed by atoms with Gasteiger partial charge in [-0.2, -0.15) is 9.65 Å². The molecule has 2 nitrogen and oxygen atoms in total. The molecule has 0 heterocycles. The monoisotopic (exact) mass is 451 g/mol. The van der Waals surface area contributed by atoms with Gasteiger partial charge in [0.25, 0.3) is 0 Å². The third-order valence-electron chi connectivity index (χ3n) is 7.71. The van der Waals surface area contributed by atoms with Crippen LogP contribution in [0.4, 0.5) is 4.39 Å². The molecule has 0 aliphatic heterocycles. The van der Waals surface area contributed by atoms with Crippen molar-refractivity contribution >= 4 is 0 Å². The van der Waals surface area contributed by atoms with Crippen LogP contribution in [0, 0.1) is 23.2 Å². The van der Waals surface area contributed by atoms with Crippen molar-refractivity contribution in [2.45, 2.75) is 102 Å². The van der Waals surface area contributed by atoms with E-state index in [4.69, 9.17) is 10.00 Å². The third-order valence-corrected chi connectivity index (χ3v) is 7.71. The Bertz CT molecular complexity index is 775. The van der Waals surface area contributed by atoms with Crippen LogP contribution in [0.15, 0.2) is 48.3 Å². The normalized spacial score (nSPS) is 26.4. The number of hydrogen-bond acceptors (Lipinski definition) is 2. The summed E-state index contributed by atoms with van der Waals surface area (Å²) in [6.07, 6.45) is 21.2. The SMILES string of the molecule is CCCCc1ccc([C@H]2CC[C@H](OC[C@H]3CC[C@H](CC/C=C/C=C(\F)C#N)CC3)CC2)cc1. The first-order valence-corrected chi connectivity index (χ1v) is 13.3. The fourth-order valence-corrected chi connectivity index (χ4v) is 5.48. The fourth-order valence-electron chi connectivity index (χ4n) is 5.48. The standard InChI is InChI=1S/C30H42FNO/c1-2-3-7-24-14-16-27(17-15-24)28-18-20-30(21-19-28)33-23-26-12-10-25(11-13-26)8-5-4-6-9-29(31)22-32/h4,6,9,14-17,25-26,28,30H,2-3,5,7-8,10-13,18-21,23H2,1H3/b6-4+,29-9-/t25-,26-,28-,30-. The van der Waals surface area contributed by atoms with Gasteiger partial charge in [-0.15, -0.1) is 0 Å². The molecule has 0 unspecified atom stereocenters. The predicted molar refractivity (Wildman–Crippen MR) is 135 cm³/mol. The Hall–Kier alpha value is -1.92. The van der Waals surface area contributed by atoms with E-state index in [-0.39, 0.29) is 0 Å². The number of nitrogens with zero attached hydrogens (tertiary/aromatic N) is 1. The summed E-state index contributed by atoms with van der Waals surface area (Å²) in [5.74, 6) is 1.48. The molecule has 33 heavy (non-hydrogen) atoms. The van der Waals surface area contributed by atoms with Gasteiger partial charge >= 0.3 is 0 Å². The Labute approximate surface area is 200 Å². The molecule has 0 saturated heterocycles. The van der Waals surface area contributed by atoms with Crippen LogP contribution in [-0.2, 0) is 11.2 Å². The van der Waals surface area contributed by atoms with E-state index in [1.807, 2.05) is 6.08 Å². The van der Waals surface area contributed by atoms with Crippen LogP contribution in [0.25, 0.3) is 0 Å². The number of unbranched alkanes of at least 4 members (excludes halogenated alkanes) is 1. The molecule has 1 aromatic rings. The molecule has 1 aromatic carbocycles. The van der Waals surface area contributed by atoms with Gasteiger partial charge in [-0.05, 0) is 99.2 Å². The molecule has 0 bridgehead atoms. The van der Waals surface area contributed by atoms with Crippen LogP contribution < -0.4 is 0 Å². The maximum Gasteiger partial charge on any atom is 0.199 e. The molecule has 180 valence electrons. The van der Waals surface area contributed by atoms with Crippen molar-refractivity contribution in [1.29, 1.82) is 5.26 Å². The van der Waals surface area contributed by atoms with E-state index in [0.717, 1.165) is 31.3 Å². The lowest BCUT2D eigenvalue weighted by molar-refractivity contribution is -0.00474. The Kier molecular flexibility index (Phi) is 11.2. The number of rotatable bonds is 11. The summed E-state index contributed by atoms with van der Waals surface area (Å²) < 4.78 is 19.1. The summed E-state index contributed by atoms with van der Waals surface area (Å²) in [5.41, 5.74) is 3.00. The van der Waals surface area contributed by atoms with Crippen molar-refractivity contribution in [1.82, 2.24) is 0 Å². The molecule has 2 aliphatic carbocycles. The second-order valence-electron chi connectivity index (χ2n) is 10.2. The Balaban J connectivity index is 1.27. The van der Waals surface area contributed by atoms with Crippen molar-refractivity contribution in [3.8, 4) is 6.07 Å². The van der Waals surface area contributed by atoms with Crippen LogP contribution in [0.3, 0.4) is 0 Å². The molecule has 3 heteroatoms. The number of allylic oxidation sites excluding steroid dienone is 4. The Morgan fingerprint density at radius 2 is 1.73 bits per heavy atom. The van der Waals surface area contributed by atoms with Crippen molar-refractivity contribution in [3.05, 3.63) is 59.4 Å². The van der Waals surface area contributed by atoms with E-state index in [9.17, 15) is 4.39 Å². The second-order valence-corrected chi connectivity index (χ2v) is 10.2. The summed E-state index contributed by atoms with van der Waals surface area (Å²) in [7, 11) is 0. The van der Waals surface area contributed by atoms with Gasteiger partial charge in [-0.1, -0.05) is 62.6 Å². The molecule has 2 fully saturated rings. The Morgan fingerprint density at radius 1 is 1.03 bits per heavy atom. The van der Waals surface area contributed by atoms with Crippen molar-refractivity contribution in [2.75, 3.05) is 6.61 Å². The van der Waals surface area contributed by atoms with Gasteiger partial charge in [0.1, 0.15) is 6.07 Å². The number of halogens is 1. The van der Waals surface area contributed by atoms with E-state index >= 15 is 0 Å². The summed E-state index contributed by atoms with van der Waals surface area (Å²) >= 11 is 0. The van der Waals surface area contributed by atoms with Crippen LogP contribution in [0.5, 0.6) is 0 Å². The average molecular weight is 452 g/mol. The Morgan fingerprint density at radius 3 is 2.39 bits per heavy atom. The first-order chi connectivity index (χ1) is 16.2. The van der Waals surface area contributed by atoms with Gasteiger partial charge in [-0.3, -0.25) is 0 Å². The topological polar surface area (TPSA) is 33.0 Å². The molecule has 3 rings (SSSR count). The smallest absolute Gasteiger partial charge is 0.199 e. The highest BCUT2D eigenvalue weighted by Gasteiger charge is 2.25. The number of aryl methyl sites for hydroxylation is 1. The maximum absolute atomic E-state index is 12.7. The zero-order valence-electron chi connectivity index (χ0n) is 20.5. The fraction of sp³-hybridized carbons (Fsp3) is 0.633. The molecule has 2 saturated carbocycles. The molecule has 0 radical (unpaired) electrons. The largest absolute Gasteiger partial charge is 0.378 e. The van der Waals surface area contributed by atoms with Gasteiger partial charge in [0, 0.05) is 6.61 Å². The highest BCUT2D eigenvalue weighted by molar-refractivity contribution is 5.26. The summed E-state index contributed by atoms with van der Waals surface area (Å²) in [6.45, 7) is 3.19. The quantitative estimate of drug-likeness (QED) is 0.249. The molecule has 0 aromatic heterocycles. The lowest BCUT2D eigenvalue weighted by Gasteiger charge is -2.32. The lowest BCUT2D eigenvalue weighted by Crippen LogP contribution is -2.25. The van der Waals surface area contributed by atoms with E-state index in [0.29, 0.717) is 12.0 Å².